The summed E-state index contributed by atoms with van der Waals surface area (Å²) in [5.74, 6) is 4.63. The SMILES string of the molecule is [C-]#[N+]c1ccc(-c2nc(-c3ccccc3)nc(-c3ccc(-c4ccc(C56CC7CC(CC(C7)C5)C6)c5ccccc45)cc3)n2)cc1. The van der Waals surface area contributed by atoms with Crippen molar-refractivity contribution in [2.45, 2.75) is 43.9 Å². The van der Waals surface area contributed by atoms with E-state index in [1.165, 1.54) is 60.4 Å². The quantitative estimate of drug-likeness (QED) is 0.187. The van der Waals surface area contributed by atoms with Gasteiger partial charge in [-0.2, -0.15) is 0 Å². The fraction of sp³-hybridized carbons (Fsp3) is 0.238. The molecule has 6 aromatic rings. The molecular weight excluding hydrogens is 560 g/mol. The minimum atomic E-state index is 0.361. The molecule has 1 heterocycles. The lowest BCUT2D eigenvalue weighted by molar-refractivity contribution is -0.00449. The van der Waals surface area contributed by atoms with E-state index in [1.54, 1.807) is 5.56 Å². The molecule has 5 aromatic carbocycles. The Labute approximate surface area is 270 Å². The number of fused-ring (bicyclic) bond motifs is 1. The molecular formula is C42H34N4. The lowest BCUT2D eigenvalue weighted by atomic mass is 9.47. The summed E-state index contributed by atoms with van der Waals surface area (Å²) < 4.78 is 0. The zero-order valence-corrected chi connectivity index (χ0v) is 25.7. The van der Waals surface area contributed by atoms with Crippen molar-refractivity contribution in [2.24, 2.45) is 17.8 Å². The predicted octanol–water partition coefficient (Wildman–Crippen LogP) is 10.7. The first kappa shape index (κ1) is 27.2. The van der Waals surface area contributed by atoms with Crippen LogP contribution in [0.3, 0.4) is 0 Å². The molecule has 4 fully saturated rings. The van der Waals surface area contributed by atoms with Gasteiger partial charge in [0, 0.05) is 16.7 Å². The number of hydrogen-bond donors (Lipinski definition) is 0. The van der Waals surface area contributed by atoms with Crippen molar-refractivity contribution < 1.29 is 0 Å². The molecule has 4 aliphatic rings. The molecule has 46 heavy (non-hydrogen) atoms. The van der Waals surface area contributed by atoms with Crippen LogP contribution in [0.5, 0.6) is 0 Å². The summed E-state index contributed by atoms with van der Waals surface area (Å²) in [6.45, 7) is 7.31. The number of nitrogens with zero attached hydrogens (tertiary/aromatic N) is 4. The topological polar surface area (TPSA) is 43.0 Å². The smallest absolute Gasteiger partial charge is 0.187 e. The van der Waals surface area contributed by atoms with Gasteiger partial charge >= 0.3 is 0 Å². The highest BCUT2D eigenvalue weighted by Gasteiger charge is 2.52. The van der Waals surface area contributed by atoms with E-state index < -0.39 is 0 Å². The first-order valence-electron chi connectivity index (χ1n) is 16.6. The van der Waals surface area contributed by atoms with Gasteiger partial charge in [0.2, 0.25) is 0 Å². The van der Waals surface area contributed by atoms with E-state index in [4.69, 9.17) is 21.5 Å². The normalized spacial score (nSPS) is 23.0. The van der Waals surface area contributed by atoms with Gasteiger partial charge in [-0.1, -0.05) is 115 Å². The fourth-order valence-electron chi connectivity index (χ4n) is 9.29. The Hall–Kier alpha value is -5.14. The van der Waals surface area contributed by atoms with Gasteiger partial charge in [-0.15, -0.1) is 0 Å². The highest BCUT2D eigenvalue weighted by Crippen LogP contribution is 2.61. The average Bonchev–Trinajstić information content (AvgIpc) is 3.11. The molecule has 4 saturated carbocycles. The van der Waals surface area contributed by atoms with Gasteiger partial charge in [-0.3, -0.25) is 0 Å². The van der Waals surface area contributed by atoms with E-state index in [0.717, 1.165) is 34.4 Å². The van der Waals surface area contributed by atoms with Crippen molar-refractivity contribution in [1.29, 1.82) is 0 Å². The van der Waals surface area contributed by atoms with Crippen molar-refractivity contribution in [2.75, 3.05) is 0 Å². The van der Waals surface area contributed by atoms with Crippen LogP contribution in [0.25, 0.3) is 60.9 Å². The predicted molar refractivity (Wildman–Crippen MR) is 185 cm³/mol. The molecule has 4 bridgehead atoms. The highest BCUT2D eigenvalue weighted by atomic mass is 15.0. The molecule has 0 N–H and O–H groups in total. The molecule has 4 heteroatoms. The van der Waals surface area contributed by atoms with Crippen LogP contribution in [0.4, 0.5) is 5.69 Å². The minimum absolute atomic E-state index is 0.361. The van der Waals surface area contributed by atoms with Crippen LogP contribution in [-0.2, 0) is 5.41 Å². The monoisotopic (exact) mass is 594 g/mol. The highest BCUT2D eigenvalue weighted by molar-refractivity contribution is 5.99. The third kappa shape index (κ3) is 4.62. The summed E-state index contributed by atoms with van der Waals surface area (Å²) in [4.78, 5) is 18.2. The largest absolute Gasteiger partial charge is 0.238 e. The first-order valence-corrected chi connectivity index (χ1v) is 16.6. The molecule has 0 aliphatic heterocycles. The molecule has 4 nitrogen and oxygen atoms in total. The zero-order chi connectivity index (χ0) is 30.7. The Bertz CT molecular complexity index is 2090. The first-order chi connectivity index (χ1) is 22.6. The Balaban J connectivity index is 1.10. The summed E-state index contributed by atoms with van der Waals surface area (Å²) in [5, 5.41) is 2.78. The van der Waals surface area contributed by atoms with Gasteiger partial charge in [0.1, 0.15) is 0 Å². The van der Waals surface area contributed by atoms with Crippen molar-refractivity contribution >= 4 is 16.5 Å². The summed E-state index contributed by atoms with van der Waals surface area (Å²) in [6, 6.07) is 40.1. The van der Waals surface area contributed by atoms with Crippen molar-refractivity contribution in [3.63, 3.8) is 0 Å². The van der Waals surface area contributed by atoms with Crippen molar-refractivity contribution in [3.8, 4) is 45.3 Å². The Morgan fingerprint density at radius 1 is 0.500 bits per heavy atom. The van der Waals surface area contributed by atoms with Crippen LogP contribution in [0.1, 0.15) is 44.1 Å². The van der Waals surface area contributed by atoms with Gasteiger partial charge in [0.15, 0.2) is 23.2 Å². The van der Waals surface area contributed by atoms with Crippen LogP contribution >= 0.6 is 0 Å². The molecule has 222 valence electrons. The average molecular weight is 595 g/mol. The van der Waals surface area contributed by atoms with Gasteiger partial charge in [0.25, 0.3) is 0 Å². The molecule has 1 aromatic heterocycles. The van der Waals surface area contributed by atoms with Crippen LogP contribution < -0.4 is 0 Å². The summed E-state index contributed by atoms with van der Waals surface area (Å²) >= 11 is 0. The lowest BCUT2D eigenvalue weighted by Gasteiger charge is -2.57. The van der Waals surface area contributed by atoms with Gasteiger partial charge in [0.05, 0.1) is 6.57 Å². The van der Waals surface area contributed by atoms with E-state index in [2.05, 4.69) is 65.5 Å². The standard InChI is InChI=1S/C42H34N4/c1-43-34-17-15-33(16-18-34)41-45-39(31-7-3-2-4-8-31)44-40(46-41)32-13-11-30(12-14-32)35-19-20-38(37-10-6-5-9-36(35)37)42-24-27-21-28(25-42)23-29(22-27)26-42/h2-20,27-29H,21-26H2. The number of aromatic nitrogens is 3. The third-order valence-corrected chi connectivity index (χ3v) is 10.9. The third-order valence-electron chi connectivity index (χ3n) is 10.9. The molecule has 0 spiro atoms. The molecule has 0 atom stereocenters. The number of hydrogen-bond acceptors (Lipinski definition) is 3. The van der Waals surface area contributed by atoms with E-state index in [-0.39, 0.29) is 0 Å². The maximum atomic E-state index is 7.31. The van der Waals surface area contributed by atoms with Crippen LogP contribution in [0.15, 0.2) is 115 Å². The summed E-state index contributed by atoms with van der Waals surface area (Å²) in [6.07, 6.45) is 8.52. The Morgan fingerprint density at radius 3 is 1.54 bits per heavy atom. The van der Waals surface area contributed by atoms with Crippen LogP contribution in [-0.4, -0.2) is 15.0 Å². The molecule has 0 saturated heterocycles. The number of benzene rings is 5. The van der Waals surface area contributed by atoms with Crippen molar-refractivity contribution in [1.82, 2.24) is 15.0 Å². The van der Waals surface area contributed by atoms with E-state index in [0.29, 0.717) is 28.6 Å². The second-order valence-electron chi connectivity index (χ2n) is 13.8. The van der Waals surface area contributed by atoms with Crippen LogP contribution in [0, 0.1) is 24.3 Å². The van der Waals surface area contributed by atoms with E-state index in [9.17, 15) is 0 Å². The lowest BCUT2D eigenvalue weighted by Crippen LogP contribution is -2.48. The second kappa shape index (κ2) is 10.7. The van der Waals surface area contributed by atoms with E-state index >= 15 is 0 Å². The van der Waals surface area contributed by atoms with Gasteiger partial charge < -0.3 is 0 Å². The molecule has 4 aliphatic carbocycles. The molecule has 0 amide bonds. The van der Waals surface area contributed by atoms with Crippen molar-refractivity contribution in [3.05, 3.63) is 132 Å². The van der Waals surface area contributed by atoms with E-state index in [1.807, 2.05) is 54.6 Å². The fourth-order valence-corrected chi connectivity index (χ4v) is 9.29. The Kier molecular flexibility index (Phi) is 6.35. The molecule has 0 radical (unpaired) electrons. The van der Waals surface area contributed by atoms with Crippen LogP contribution in [0.2, 0.25) is 0 Å². The maximum Gasteiger partial charge on any atom is 0.187 e. The van der Waals surface area contributed by atoms with Gasteiger partial charge in [-0.25, -0.2) is 19.8 Å². The minimum Gasteiger partial charge on any atom is -0.238 e. The molecule has 0 unspecified atom stereocenters. The zero-order valence-electron chi connectivity index (χ0n) is 25.7. The summed E-state index contributed by atoms with van der Waals surface area (Å²) in [7, 11) is 0. The second-order valence-corrected chi connectivity index (χ2v) is 13.8. The molecule has 10 rings (SSSR count). The maximum absolute atomic E-state index is 7.31. The van der Waals surface area contributed by atoms with Gasteiger partial charge in [-0.05, 0) is 89.2 Å². The summed E-state index contributed by atoms with van der Waals surface area (Å²) in [5.41, 5.74) is 7.76. The number of rotatable bonds is 5. The Morgan fingerprint density at radius 2 is 0.978 bits per heavy atom.